The lowest BCUT2D eigenvalue weighted by Crippen LogP contribution is -2.37. The first-order valence-corrected chi connectivity index (χ1v) is 11.8. The summed E-state index contributed by atoms with van der Waals surface area (Å²) in [6, 6.07) is 6.67. The minimum atomic E-state index is -3.69. The van der Waals surface area contributed by atoms with E-state index in [0.29, 0.717) is 19.0 Å². The lowest BCUT2D eigenvalue weighted by molar-refractivity contribution is -0.152. The van der Waals surface area contributed by atoms with Crippen molar-refractivity contribution in [3.05, 3.63) is 29.8 Å². The molecule has 1 heterocycles. The predicted molar refractivity (Wildman–Crippen MR) is 111 cm³/mol. The van der Waals surface area contributed by atoms with Crippen LogP contribution in [0.3, 0.4) is 0 Å². The SMILES string of the molecule is CC(C)c1ccc(S(=O)(=O)NCCC(=O)OCC(=O)N2CCCCCCC2)cc1. The summed E-state index contributed by atoms with van der Waals surface area (Å²) in [4.78, 5) is 26.0. The maximum atomic E-state index is 12.3. The molecule has 2 rings (SSSR count). The van der Waals surface area contributed by atoms with E-state index in [1.54, 1.807) is 29.2 Å². The Morgan fingerprint density at radius 2 is 1.62 bits per heavy atom. The standard InChI is InChI=1S/C21H32N2O5S/c1-17(2)18-8-10-19(11-9-18)29(26,27)22-13-12-21(25)28-16-20(24)23-14-6-4-3-5-7-15-23/h8-11,17,22H,3-7,12-16H2,1-2H3. The highest BCUT2D eigenvalue weighted by molar-refractivity contribution is 7.89. The predicted octanol–water partition coefficient (Wildman–Crippen LogP) is 2.81. The molecule has 0 aromatic heterocycles. The fourth-order valence-corrected chi connectivity index (χ4v) is 4.24. The van der Waals surface area contributed by atoms with Gasteiger partial charge in [-0.3, -0.25) is 9.59 Å². The fourth-order valence-electron chi connectivity index (χ4n) is 3.21. The van der Waals surface area contributed by atoms with Crippen molar-refractivity contribution in [3.8, 4) is 0 Å². The van der Waals surface area contributed by atoms with Crippen LogP contribution in [0.2, 0.25) is 0 Å². The average Bonchev–Trinajstić information content (AvgIpc) is 2.66. The van der Waals surface area contributed by atoms with Crippen LogP contribution in [0.4, 0.5) is 0 Å². The van der Waals surface area contributed by atoms with Crippen molar-refractivity contribution in [1.29, 1.82) is 0 Å². The molecule has 0 radical (unpaired) electrons. The van der Waals surface area contributed by atoms with E-state index in [2.05, 4.69) is 4.72 Å². The second kappa shape index (κ2) is 11.3. The summed E-state index contributed by atoms with van der Waals surface area (Å²) in [6.45, 7) is 5.10. The summed E-state index contributed by atoms with van der Waals surface area (Å²) in [7, 11) is -3.69. The minimum Gasteiger partial charge on any atom is -0.456 e. The number of nitrogens with zero attached hydrogens (tertiary/aromatic N) is 1. The maximum absolute atomic E-state index is 12.3. The first-order valence-electron chi connectivity index (χ1n) is 10.3. The Morgan fingerprint density at radius 3 is 2.21 bits per heavy atom. The monoisotopic (exact) mass is 424 g/mol. The summed E-state index contributed by atoms with van der Waals surface area (Å²) in [5, 5.41) is 0. The first-order chi connectivity index (χ1) is 13.8. The average molecular weight is 425 g/mol. The number of rotatable bonds is 8. The summed E-state index contributed by atoms with van der Waals surface area (Å²) < 4.78 is 32.0. The Labute approximate surface area is 173 Å². The molecule has 1 aromatic rings. The van der Waals surface area contributed by atoms with Crippen LogP contribution in [-0.4, -0.2) is 51.4 Å². The molecule has 0 bridgehead atoms. The van der Waals surface area contributed by atoms with Gasteiger partial charge >= 0.3 is 5.97 Å². The van der Waals surface area contributed by atoms with Gasteiger partial charge in [-0.2, -0.15) is 0 Å². The number of likely N-dealkylation sites (tertiary alicyclic amines) is 1. The molecule has 0 atom stereocenters. The quantitative estimate of drug-likeness (QED) is 0.648. The number of sulfonamides is 1. The van der Waals surface area contributed by atoms with Crippen molar-refractivity contribution in [3.63, 3.8) is 0 Å². The van der Waals surface area contributed by atoms with Gasteiger partial charge in [-0.25, -0.2) is 13.1 Å². The van der Waals surface area contributed by atoms with E-state index in [4.69, 9.17) is 4.74 Å². The second-order valence-electron chi connectivity index (χ2n) is 7.68. The number of ether oxygens (including phenoxy) is 1. The number of hydrogen-bond acceptors (Lipinski definition) is 5. The van der Waals surface area contributed by atoms with Crippen LogP contribution < -0.4 is 4.72 Å². The third-order valence-corrected chi connectivity index (χ3v) is 6.52. The van der Waals surface area contributed by atoms with Gasteiger partial charge in [0.15, 0.2) is 6.61 Å². The number of hydrogen-bond donors (Lipinski definition) is 1. The molecule has 1 amide bonds. The third-order valence-electron chi connectivity index (χ3n) is 5.04. The molecule has 1 saturated heterocycles. The second-order valence-corrected chi connectivity index (χ2v) is 9.45. The largest absolute Gasteiger partial charge is 0.456 e. The molecule has 8 heteroatoms. The molecule has 162 valence electrons. The molecular formula is C21H32N2O5S. The van der Waals surface area contributed by atoms with Crippen LogP contribution >= 0.6 is 0 Å². The van der Waals surface area contributed by atoms with E-state index in [1.165, 1.54) is 6.42 Å². The van der Waals surface area contributed by atoms with Crippen LogP contribution in [0, 0.1) is 0 Å². The maximum Gasteiger partial charge on any atom is 0.307 e. The number of carbonyl (C=O) groups excluding carboxylic acids is 2. The van der Waals surface area contributed by atoms with E-state index in [1.807, 2.05) is 13.8 Å². The third kappa shape index (κ3) is 7.78. The summed E-state index contributed by atoms with van der Waals surface area (Å²) in [5.74, 6) is -0.467. The first kappa shape index (κ1) is 23.3. The zero-order chi connectivity index (χ0) is 21.3. The van der Waals surface area contributed by atoms with Gasteiger partial charge in [-0.05, 0) is 36.5 Å². The van der Waals surface area contributed by atoms with Gasteiger partial charge in [-0.1, -0.05) is 45.2 Å². The van der Waals surface area contributed by atoms with Gasteiger partial charge in [0, 0.05) is 19.6 Å². The molecule has 1 aliphatic rings. The molecular weight excluding hydrogens is 392 g/mol. The zero-order valence-corrected chi connectivity index (χ0v) is 18.2. The molecule has 1 N–H and O–H groups in total. The van der Waals surface area contributed by atoms with Gasteiger partial charge in [0.2, 0.25) is 10.0 Å². The van der Waals surface area contributed by atoms with Crippen molar-refractivity contribution in [2.75, 3.05) is 26.2 Å². The lowest BCUT2D eigenvalue weighted by Gasteiger charge is -2.24. The number of nitrogens with one attached hydrogen (secondary N) is 1. The number of carbonyl (C=O) groups is 2. The minimum absolute atomic E-state index is 0.0784. The van der Waals surface area contributed by atoms with Gasteiger partial charge in [0.25, 0.3) is 5.91 Å². The van der Waals surface area contributed by atoms with E-state index in [0.717, 1.165) is 31.2 Å². The topological polar surface area (TPSA) is 92.8 Å². The number of amides is 1. The van der Waals surface area contributed by atoms with Gasteiger partial charge in [0.1, 0.15) is 0 Å². The van der Waals surface area contributed by atoms with Crippen LogP contribution in [0.15, 0.2) is 29.2 Å². The number of esters is 1. The van der Waals surface area contributed by atoms with Gasteiger partial charge in [-0.15, -0.1) is 0 Å². The zero-order valence-electron chi connectivity index (χ0n) is 17.4. The van der Waals surface area contributed by atoms with Crippen molar-refractivity contribution in [2.45, 2.75) is 63.2 Å². The molecule has 0 aliphatic carbocycles. The lowest BCUT2D eigenvalue weighted by atomic mass is 10.0. The van der Waals surface area contributed by atoms with Crippen molar-refractivity contribution < 1.29 is 22.7 Å². The Bertz CT molecular complexity index is 767. The van der Waals surface area contributed by atoms with E-state index >= 15 is 0 Å². The van der Waals surface area contributed by atoms with Gasteiger partial charge < -0.3 is 9.64 Å². The Morgan fingerprint density at radius 1 is 1.03 bits per heavy atom. The normalized spacial score (nSPS) is 15.6. The summed E-state index contributed by atoms with van der Waals surface area (Å²) in [6.07, 6.45) is 5.25. The fraction of sp³-hybridized carbons (Fsp3) is 0.619. The molecule has 0 spiro atoms. The highest BCUT2D eigenvalue weighted by Gasteiger charge is 2.18. The molecule has 1 aromatic carbocycles. The molecule has 0 saturated carbocycles. The molecule has 7 nitrogen and oxygen atoms in total. The molecule has 0 unspecified atom stereocenters. The molecule has 1 aliphatic heterocycles. The smallest absolute Gasteiger partial charge is 0.307 e. The highest BCUT2D eigenvalue weighted by atomic mass is 32.2. The highest BCUT2D eigenvalue weighted by Crippen LogP contribution is 2.17. The van der Waals surface area contributed by atoms with Crippen molar-refractivity contribution >= 4 is 21.9 Å². The Kier molecular flexibility index (Phi) is 9.10. The Balaban J connectivity index is 1.73. The molecule has 1 fully saturated rings. The Hall–Kier alpha value is -1.93. The van der Waals surface area contributed by atoms with Crippen LogP contribution in [-0.2, 0) is 24.3 Å². The van der Waals surface area contributed by atoms with Crippen LogP contribution in [0.5, 0.6) is 0 Å². The van der Waals surface area contributed by atoms with Crippen LogP contribution in [0.25, 0.3) is 0 Å². The summed E-state index contributed by atoms with van der Waals surface area (Å²) in [5.41, 5.74) is 1.05. The van der Waals surface area contributed by atoms with E-state index in [-0.39, 0.29) is 30.4 Å². The van der Waals surface area contributed by atoms with Crippen molar-refractivity contribution in [2.24, 2.45) is 0 Å². The van der Waals surface area contributed by atoms with Gasteiger partial charge in [0.05, 0.1) is 11.3 Å². The van der Waals surface area contributed by atoms with E-state index in [9.17, 15) is 18.0 Å². The van der Waals surface area contributed by atoms with Crippen molar-refractivity contribution in [1.82, 2.24) is 9.62 Å². The molecule has 29 heavy (non-hydrogen) atoms. The number of benzene rings is 1. The van der Waals surface area contributed by atoms with E-state index < -0.39 is 16.0 Å². The van der Waals surface area contributed by atoms with Crippen LogP contribution in [0.1, 0.15) is 63.9 Å². The summed E-state index contributed by atoms with van der Waals surface area (Å²) >= 11 is 0.